The molecular formula is C10H21ClO4S. The zero-order valence-corrected chi connectivity index (χ0v) is 11.5. The molecule has 0 N–H and O–H groups in total. The van der Waals surface area contributed by atoms with Gasteiger partial charge in [-0.1, -0.05) is 26.2 Å². The van der Waals surface area contributed by atoms with Gasteiger partial charge in [0.25, 0.3) is 0 Å². The highest BCUT2D eigenvalue weighted by molar-refractivity contribution is 7.75. The Labute approximate surface area is 105 Å². The minimum Gasteiger partial charge on any atom is -0.383 e. The minimum absolute atomic E-state index is 0.164. The smallest absolute Gasteiger partial charge is 0.304 e. The molecule has 16 heavy (non-hydrogen) atoms. The number of ether oxygens (including phenoxy) is 1. The molecule has 98 valence electrons. The van der Waals surface area contributed by atoms with Gasteiger partial charge in [-0.3, -0.25) is 8.37 Å². The molecule has 0 aromatic carbocycles. The second kappa shape index (κ2) is 11.8. The van der Waals surface area contributed by atoms with Crippen molar-refractivity contribution >= 4 is 23.0 Å². The Balaban J connectivity index is 3.30. The molecule has 0 rings (SSSR count). The van der Waals surface area contributed by atoms with Gasteiger partial charge in [-0.25, -0.2) is 0 Å². The summed E-state index contributed by atoms with van der Waals surface area (Å²) in [5.41, 5.74) is 0. The van der Waals surface area contributed by atoms with Crippen LogP contribution in [0.4, 0.5) is 0 Å². The van der Waals surface area contributed by atoms with Gasteiger partial charge in [0, 0.05) is 7.11 Å². The lowest BCUT2D eigenvalue weighted by atomic mass is 10.2. The van der Waals surface area contributed by atoms with E-state index in [4.69, 9.17) is 24.7 Å². The number of rotatable bonds is 11. The van der Waals surface area contributed by atoms with Crippen LogP contribution in [0.2, 0.25) is 0 Å². The average Bonchev–Trinajstić information content (AvgIpc) is 2.26. The van der Waals surface area contributed by atoms with Crippen LogP contribution >= 0.6 is 11.6 Å². The summed E-state index contributed by atoms with van der Waals surface area (Å²) in [5.74, 6) is 0. The molecule has 0 aromatic heterocycles. The Morgan fingerprint density at radius 3 is 2.56 bits per heavy atom. The van der Waals surface area contributed by atoms with Crippen molar-refractivity contribution in [2.45, 2.75) is 38.0 Å². The highest BCUT2D eigenvalue weighted by Crippen LogP contribution is 2.02. The van der Waals surface area contributed by atoms with Gasteiger partial charge in [0.1, 0.15) is 0 Å². The lowest BCUT2D eigenvalue weighted by Crippen LogP contribution is -2.17. The van der Waals surface area contributed by atoms with Crippen LogP contribution in [-0.4, -0.2) is 36.5 Å². The summed E-state index contributed by atoms with van der Waals surface area (Å²) in [6.07, 6.45) is 4.35. The molecular weight excluding hydrogens is 252 g/mol. The molecule has 0 unspecified atom stereocenters. The summed E-state index contributed by atoms with van der Waals surface area (Å²) >= 11 is 4.10. The average molecular weight is 273 g/mol. The van der Waals surface area contributed by atoms with Gasteiger partial charge in [-0.2, -0.15) is 4.21 Å². The first-order valence-corrected chi connectivity index (χ1v) is 6.95. The molecule has 0 fully saturated rings. The van der Waals surface area contributed by atoms with Crippen LogP contribution in [0.3, 0.4) is 0 Å². The molecule has 0 aliphatic rings. The Morgan fingerprint density at radius 2 is 1.94 bits per heavy atom. The van der Waals surface area contributed by atoms with Crippen LogP contribution in [-0.2, 0) is 24.5 Å². The molecule has 0 saturated heterocycles. The SMILES string of the molecule is CCCCCCO[S@@](=O)OC[C@@H](Cl)COC. The summed E-state index contributed by atoms with van der Waals surface area (Å²) in [6, 6.07) is 0. The maximum atomic E-state index is 11.2. The van der Waals surface area contributed by atoms with Crippen LogP contribution in [0.15, 0.2) is 0 Å². The molecule has 0 amide bonds. The molecule has 0 radical (unpaired) electrons. The maximum absolute atomic E-state index is 11.2. The highest BCUT2D eigenvalue weighted by Gasteiger charge is 2.08. The van der Waals surface area contributed by atoms with E-state index in [9.17, 15) is 4.21 Å². The van der Waals surface area contributed by atoms with Crippen molar-refractivity contribution in [2.24, 2.45) is 0 Å². The molecule has 0 aliphatic carbocycles. The van der Waals surface area contributed by atoms with E-state index in [1.165, 1.54) is 12.8 Å². The standard InChI is InChI=1S/C10H21ClO4S/c1-3-4-5-6-7-14-16(12)15-9-10(11)8-13-2/h10H,3-9H2,1-2H3/t10-,16+/m0/s1. The van der Waals surface area contributed by atoms with E-state index in [0.29, 0.717) is 13.2 Å². The van der Waals surface area contributed by atoms with Gasteiger partial charge in [0.2, 0.25) is 0 Å². The van der Waals surface area contributed by atoms with Gasteiger partial charge in [0.05, 0.1) is 25.2 Å². The van der Waals surface area contributed by atoms with Crippen molar-refractivity contribution in [1.82, 2.24) is 0 Å². The predicted molar refractivity (Wildman–Crippen MR) is 65.7 cm³/mol. The Morgan fingerprint density at radius 1 is 1.19 bits per heavy atom. The lowest BCUT2D eigenvalue weighted by Gasteiger charge is -2.08. The Hall–Kier alpha value is 0.320. The fourth-order valence-corrected chi connectivity index (χ4v) is 1.91. The summed E-state index contributed by atoms with van der Waals surface area (Å²) in [7, 11) is 1.55. The van der Waals surface area contributed by atoms with E-state index in [1.54, 1.807) is 7.11 Å². The van der Waals surface area contributed by atoms with Crippen LogP contribution in [0.5, 0.6) is 0 Å². The summed E-state index contributed by atoms with van der Waals surface area (Å²) in [6.45, 7) is 3.13. The van der Waals surface area contributed by atoms with Crippen molar-refractivity contribution in [3.63, 3.8) is 0 Å². The fourth-order valence-electron chi connectivity index (χ4n) is 1.05. The zero-order chi connectivity index (χ0) is 12.2. The molecule has 0 aromatic rings. The van der Waals surface area contributed by atoms with Gasteiger partial charge in [-0.15, -0.1) is 11.6 Å². The molecule has 2 atom stereocenters. The number of methoxy groups -OCH3 is 1. The minimum atomic E-state index is -1.69. The monoisotopic (exact) mass is 272 g/mol. The van der Waals surface area contributed by atoms with Gasteiger partial charge in [-0.05, 0) is 6.42 Å². The molecule has 0 aliphatic heterocycles. The topological polar surface area (TPSA) is 44.8 Å². The first-order chi connectivity index (χ1) is 7.70. The van der Waals surface area contributed by atoms with E-state index in [-0.39, 0.29) is 12.0 Å². The number of alkyl halides is 1. The number of halogens is 1. The van der Waals surface area contributed by atoms with Crippen molar-refractivity contribution in [3.8, 4) is 0 Å². The third kappa shape index (κ3) is 10.8. The lowest BCUT2D eigenvalue weighted by molar-refractivity contribution is 0.171. The van der Waals surface area contributed by atoms with Crippen LogP contribution in [0, 0.1) is 0 Å². The number of hydrogen-bond donors (Lipinski definition) is 0. The predicted octanol–water partition coefficient (Wildman–Crippen LogP) is 2.43. The van der Waals surface area contributed by atoms with Crippen molar-refractivity contribution in [3.05, 3.63) is 0 Å². The van der Waals surface area contributed by atoms with E-state index in [1.807, 2.05) is 0 Å². The molecule has 6 heteroatoms. The Kier molecular flexibility index (Phi) is 12.0. The third-order valence-corrected chi connectivity index (χ3v) is 2.81. The van der Waals surface area contributed by atoms with Gasteiger partial charge in [0.15, 0.2) is 0 Å². The van der Waals surface area contributed by atoms with E-state index >= 15 is 0 Å². The fraction of sp³-hybridized carbons (Fsp3) is 1.00. The maximum Gasteiger partial charge on any atom is 0.304 e. The molecule has 0 spiro atoms. The van der Waals surface area contributed by atoms with Crippen LogP contribution in [0.1, 0.15) is 32.6 Å². The number of hydrogen-bond acceptors (Lipinski definition) is 4. The Bertz CT molecular complexity index is 180. The summed E-state index contributed by atoms with van der Waals surface area (Å²) in [5, 5.41) is -0.294. The number of unbranched alkanes of at least 4 members (excludes halogenated alkanes) is 3. The molecule has 0 heterocycles. The van der Waals surface area contributed by atoms with E-state index in [2.05, 4.69) is 6.92 Å². The highest BCUT2D eigenvalue weighted by atomic mass is 35.5. The summed E-state index contributed by atoms with van der Waals surface area (Å²) < 4.78 is 25.8. The normalized spacial score (nSPS) is 14.9. The van der Waals surface area contributed by atoms with Crippen molar-refractivity contribution in [1.29, 1.82) is 0 Å². The first kappa shape index (κ1) is 16.3. The van der Waals surface area contributed by atoms with Crippen molar-refractivity contribution in [2.75, 3.05) is 26.9 Å². The second-order valence-electron chi connectivity index (χ2n) is 3.42. The summed E-state index contributed by atoms with van der Waals surface area (Å²) in [4.78, 5) is 0. The largest absolute Gasteiger partial charge is 0.383 e. The van der Waals surface area contributed by atoms with Crippen LogP contribution in [0.25, 0.3) is 0 Å². The van der Waals surface area contributed by atoms with E-state index in [0.717, 1.165) is 12.8 Å². The first-order valence-electron chi connectivity index (χ1n) is 5.52. The van der Waals surface area contributed by atoms with Gasteiger partial charge >= 0.3 is 11.4 Å². The van der Waals surface area contributed by atoms with Crippen LogP contribution < -0.4 is 0 Å². The van der Waals surface area contributed by atoms with Gasteiger partial charge < -0.3 is 4.74 Å². The van der Waals surface area contributed by atoms with E-state index < -0.39 is 11.4 Å². The zero-order valence-electron chi connectivity index (χ0n) is 9.95. The molecule has 0 saturated carbocycles. The quantitative estimate of drug-likeness (QED) is 0.428. The molecule has 4 nitrogen and oxygen atoms in total. The molecule has 0 bridgehead atoms. The van der Waals surface area contributed by atoms with Crippen molar-refractivity contribution < 1.29 is 17.3 Å². The second-order valence-corrected chi connectivity index (χ2v) is 4.92. The third-order valence-electron chi connectivity index (χ3n) is 1.87.